The maximum absolute atomic E-state index is 9.99. The highest BCUT2D eigenvalue weighted by Gasteiger charge is 2.48. The second-order valence-electron chi connectivity index (χ2n) is 6.75. The molecule has 11 heteroatoms. The molecule has 1 aromatic rings. The van der Waals surface area contributed by atoms with E-state index in [9.17, 15) is 25.5 Å². The molecule has 2 aliphatic rings. The Labute approximate surface area is 166 Å². The van der Waals surface area contributed by atoms with Gasteiger partial charge in [0.05, 0.1) is 19.8 Å². The van der Waals surface area contributed by atoms with Gasteiger partial charge in [-0.25, -0.2) is 0 Å². The van der Waals surface area contributed by atoms with Gasteiger partial charge >= 0.3 is 0 Å². The SMILES string of the molecule is OCC1O[C@H](OC2C(O)COC(CO)[C@H]2O)C(O)C(O)[C@@H]1O.Oc1ccccc1. The molecule has 3 rings (SSSR count). The van der Waals surface area contributed by atoms with Crippen LogP contribution in [-0.4, -0.2) is 116 Å². The summed E-state index contributed by atoms with van der Waals surface area (Å²) in [7, 11) is 0. The highest BCUT2D eigenvalue weighted by Crippen LogP contribution is 2.26. The molecule has 29 heavy (non-hydrogen) atoms. The highest BCUT2D eigenvalue weighted by atomic mass is 16.7. The van der Waals surface area contributed by atoms with E-state index in [4.69, 9.17) is 29.5 Å². The Kier molecular flexibility index (Phi) is 9.17. The quantitative estimate of drug-likeness (QED) is 0.243. The van der Waals surface area contributed by atoms with Crippen molar-refractivity contribution in [1.82, 2.24) is 0 Å². The standard InChI is InChI=1S/C12H22O10.C6H6O/c13-1-5-8(17)11(4(15)3-20-5)22-12-10(19)9(18)7(16)6(2-14)21-12;7-6-4-2-1-3-5-6/h4-19H,1-3H2;1-5,7H/t4?,5?,6?,7-,8-,9?,10?,11?,12-;/m1./s1. The van der Waals surface area contributed by atoms with Crippen molar-refractivity contribution in [2.75, 3.05) is 19.8 Å². The summed E-state index contributed by atoms with van der Waals surface area (Å²) >= 11 is 0. The molecule has 6 unspecified atom stereocenters. The van der Waals surface area contributed by atoms with Gasteiger partial charge in [0, 0.05) is 0 Å². The van der Waals surface area contributed by atoms with Crippen LogP contribution in [0.4, 0.5) is 0 Å². The van der Waals surface area contributed by atoms with Gasteiger partial charge in [-0.15, -0.1) is 0 Å². The monoisotopic (exact) mass is 420 g/mol. The molecule has 0 aliphatic carbocycles. The number of phenols is 1. The Morgan fingerprint density at radius 2 is 1.45 bits per heavy atom. The summed E-state index contributed by atoms with van der Waals surface area (Å²) in [6.07, 6.45) is -12.3. The van der Waals surface area contributed by atoms with E-state index in [0.717, 1.165) is 0 Å². The fourth-order valence-electron chi connectivity index (χ4n) is 2.95. The summed E-state index contributed by atoms with van der Waals surface area (Å²) < 4.78 is 15.5. The van der Waals surface area contributed by atoms with Crippen molar-refractivity contribution in [3.05, 3.63) is 30.3 Å². The van der Waals surface area contributed by atoms with E-state index in [1.165, 1.54) is 0 Å². The number of aliphatic hydroxyl groups excluding tert-OH is 7. The smallest absolute Gasteiger partial charge is 0.187 e. The number of benzene rings is 1. The zero-order chi connectivity index (χ0) is 21.6. The molecule has 0 saturated carbocycles. The van der Waals surface area contributed by atoms with Crippen LogP contribution in [0.2, 0.25) is 0 Å². The maximum atomic E-state index is 9.99. The van der Waals surface area contributed by atoms with Crippen molar-refractivity contribution < 1.29 is 55.1 Å². The molecule has 2 fully saturated rings. The fraction of sp³-hybridized carbons (Fsp3) is 0.667. The lowest BCUT2D eigenvalue weighted by atomic mass is 9.97. The first-order chi connectivity index (χ1) is 13.8. The van der Waals surface area contributed by atoms with Crippen molar-refractivity contribution in [2.24, 2.45) is 0 Å². The van der Waals surface area contributed by atoms with Crippen LogP contribution in [0.1, 0.15) is 0 Å². The van der Waals surface area contributed by atoms with Crippen molar-refractivity contribution in [3.63, 3.8) is 0 Å². The molecule has 0 aromatic heterocycles. The molecule has 166 valence electrons. The van der Waals surface area contributed by atoms with E-state index in [2.05, 4.69) is 0 Å². The number of aromatic hydroxyl groups is 1. The Hall–Kier alpha value is -1.38. The Balaban J connectivity index is 0.000000360. The molecule has 1 aromatic carbocycles. The molecule has 2 saturated heterocycles. The second-order valence-corrected chi connectivity index (χ2v) is 6.75. The van der Waals surface area contributed by atoms with Crippen molar-refractivity contribution in [1.29, 1.82) is 0 Å². The number of phenolic OH excluding ortho intramolecular Hbond substituents is 1. The lowest BCUT2D eigenvalue weighted by molar-refractivity contribution is -0.335. The number of hydrogen-bond donors (Lipinski definition) is 8. The number of para-hydroxylation sites is 1. The first kappa shape index (κ1) is 23.9. The van der Waals surface area contributed by atoms with Crippen LogP contribution in [-0.2, 0) is 14.2 Å². The third-order valence-electron chi connectivity index (χ3n) is 4.65. The largest absolute Gasteiger partial charge is 0.508 e. The summed E-state index contributed by atoms with van der Waals surface area (Å²) in [6.45, 7) is -1.32. The third kappa shape index (κ3) is 6.06. The summed E-state index contributed by atoms with van der Waals surface area (Å²) in [4.78, 5) is 0. The second kappa shape index (κ2) is 11.1. The van der Waals surface area contributed by atoms with Gasteiger partial charge < -0.3 is 55.1 Å². The van der Waals surface area contributed by atoms with Gasteiger partial charge in [0.25, 0.3) is 0 Å². The van der Waals surface area contributed by atoms with E-state index in [-0.39, 0.29) is 6.61 Å². The number of rotatable bonds is 4. The predicted molar refractivity (Wildman–Crippen MR) is 95.6 cm³/mol. The van der Waals surface area contributed by atoms with E-state index in [1.807, 2.05) is 6.07 Å². The van der Waals surface area contributed by atoms with Crippen LogP contribution < -0.4 is 0 Å². The topological polar surface area (TPSA) is 190 Å². The normalized spacial score (nSPS) is 40.0. The number of ether oxygens (including phenoxy) is 3. The highest BCUT2D eigenvalue weighted by molar-refractivity contribution is 5.18. The lowest BCUT2D eigenvalue weighted by Crippen LogP contribution is -2.63. The van der Waals surface area contributed by atoms with Crippen LogP contribution in [0.5, 0.6) is 5.75 Å². The minimum absolute atomic E-state index is 0.204. The van der Waals surface area contributed by atoms with Gasteiger partial charge in [0.2, 0.25) is 0 Å². The van der Waals surface area contributed by atoms with E-state index in [0.29, 0.717) is 5.75 Å². The van der Waals surface area contributed by atoms with Crippen LogP contribution in [0.25, 0.3) is 0 Å². The average Bonchev–Trinajstić information content (AvgIpc) is 2.72. The Morgan fingerprint density at radius 3 is 1.97 bits per heavy atom. The first-order valence-electron chi connectivity index (χ1n) is 9.08. The van der Waals surface area contributed by atoms with Gasteiger partial charge in [0.15, 0.2) is 6.29 Å². The van der Waals surface area contributed by atoms with Crippen LogP contribution >= 0.6 is 0 Å². The van der Waals surface area contributed by atoms with E-state index in [1.54, 1.807) is 24.3 Å². The first-order valence-corrected chi connectivity index (χ1v) is 9.08. The van der Waals surface area contributed by atoms with E-state index >= 15 is 0 Å². The summed E-state index contributed by atoms with van der Waals surface area (Å²) in [5.41, 5.74) is 0. The van der Waals surface area contributed by atoms with Gasteiger partial charge in [-0.05, 0) is 12.1 Å². The van der Waals surface area contributed by atoms with Crippen LogP contribution in [0.15, 0.2) is 30.3 Å². The summed E-state index contributed by atoms with van der Waals surface area (Å²) in [5.74, 6) is 0.322. The minimum atomic E-state index is -1.65. The van der Waals surface area contributed by atoms with Gasteiger partial charge in [0.1, 0.15) is 54.6 Å². The van der Waals surface area contributed by atoms with Gasteiger partial charge in [-0.1, -0.05) is 18.2 Å². The zero-order valence-corrected chi connectivity index (χ0v) is 15.5. The number of hydrogen-bond acceptors (Lipinski definition) is 11. The molecule has 0 spiro atoms. The summed E-state index contributed by atoms with van der Waals surface area (Å²) in [5, 5.41) is 75.8. The molecule has 8 N–H and O–H groups in total. The molecule has 11 nitrogen and oxygen atoms in total. The average molecular weight is 420 g/mol. The molecular weight excluding hydrogens is 392 g/mol. The van der Waals surface area contributed by atoms with Crippen LogP contribution in [0.3, 0.4) is 0 Å². The molecule has 9 atom stereocenters. The van der Waals surface area contributed by atoms with Crippen molar-refractivity contribution >= 4 is 0 Å². The van der Waals surface area contributed by atoms with Gasteiger partial charge in [-0.3, -0.25) is 0 Å². The lowest BCUT2D eigenvalue weighted by Gasteiger charge is -2.44. The molecule has 0 radical (unpaired) electrons. The third-order valence-corrected chi connectivity index (χ3v) is 4.65. The van der Waals surface area contributed by atoms with Crippen LogP contribution in [0, 0.1) is 0 Å². The zero-order valence-electron chi connectivity index (χ0n) is 15.5. The predicted octanol–water partition coefficient (Wildman–Crippen LogP) is -3.32. The van der Waals surface area contributed by atoms with Gasteiger partial charge in [-0.2, -0.15) is 0 Å². The number of aliphatic hydroxyl groups is 7. The maximum Gasteiger partial charge on any atom is 0.187 e. The van der Waals surface area contributed by atoms with Crippen molar-refractivity contribution in [3.8, 4) is 5.75 Å². The minimum Gasteiger partial charge on any atom is -0.508 e. The molecule has 2 aliphatic heterocycles. The van der Waals surface area contributed by atoms with Crippen molar-refractivity contribution in [2.45, 2.75) is 55.1 Å². The molecule has 2 heterocycles. The Bertz CT molecular complexity index is 586. The van der Waals surface area contributed by atoms with E-state index < -0.39 is 68.3 Å². The Morgan fingerprint density at radius 1 is 0.828 bits per heavy atom. The summed E-state index contributed by atoms with van der Waals surface area (Å²) in [6, 6.07) is 8.71. The molecule has 0 amide bonds. The fourth-order valence-corrected chi connectivity index (χ4v) is 2.95. The molecule has 0 bridgehead atoms. The molecular formula is C18H28O11.